The van der Waals surface area contributed by atoms with Crippen LogP contribution in [0.15, 0.2) is 45.7 Å². The summed E-state index contributed by atoms with van der Waals surface area (Å²) in [6.45, 7) is 0. The van der Waals surface area contributed by atoms with Gasteiger partial charge in [-0.1, -0.05) is 0 Å². The topological polar surface area (TPSA) is 39.4 Å². The van der Waals surface area contributed by atoms with Crippen LogP contribution in [0, 0.1) is 0 Å². The number of Topliss-reactive ketones (excluding diaryl/α,β-unsaturated/α-hetero) is 1. The van der Waals surface area contributed by atoms with Gasteiger partial charge in [0.1, 0.15) is 5.75 Å². The zero-order valence-corrected chi connectivity index (χ0v) is 11.2. The van der Waals surface area contributed by atoms with E-state index in [9.17, 15) is 4.79 Å². The molecular weight excluding hydrogens is 296 g/mol. The Bertz CT molecular complexity index is 654. The van der Waals surface area contributed by atoms with Crippen LogP contribution in [0.25, 0.3) is 5.57 Å². The van der Waals surface area contributed by atoms with Crippen molar-refractivity contribution in [3.05, 3.63) is 58.0 Å². The highest BCUT2D eigenvalue weighted by molar-refractivity contribution is 9.12. The van der Waals surface area contributed by atoms with Crippen LogP contribution in [0.1, 0.15) is 21.5 Å². The number of rotatable bonds is 2. The van der Waals surface area contributed by atoms with E-state index in [-0.39, 0.29) is 5.78 Å². The van der Waals surface area contributed by atoms with Crippen molar-refractivity contribution in [1.29, 1.82) is 0 Å². The summed E-state index contributed by atoms with van der Waals surface area (Å²) in [7, 11) is 1.58. The third-order valence-electron chi connectivity index (χ3n) is 2.97. The average molecular weight is 305 g/mol. The molecule has 0 radical (unpaired) electrons. The van der Waals surface area contributed by atoms with Crippen molar-refractivity contribution in [3.63, 3.8) is 0 Å². The SMILES string of the molecule is COc1ccc2c(c1)C(=O)C(Br)=C2c1ccoc1. The highest BCUT2D eigenvalue weighted by Crippen LogP contribution is 2.41. The molecule has 0 saturated heterocycles. The highest BCUT2D eigenvalue weighted by Gasteiger charge is 2.29. The fourth-order valence-corrected chi connectivity index (χ4v) is 2.75. The predicted octanol–water partition coefficient (Wildman–Crippen LogP) is 3.64. The Morgan fingerprint density at radius 1 is 1.22 bits per heavy atom. The number of hydrogen-bond acceptors (Lipinski definition) is 3. The van der Waals surface area contributed by atoms with Crippen molar-refractivity contribution in [2.45, 2.75) is 0 Å². The molecule has 1 heterocycles. The van der Waals surface area contributed by atoms with Gasteiger partial charge in [-0.25, -0.2) is 0 Å². The maximum atomic E-state index is 12.2. The Morgan fingerprint density at radius 2 is 2.06 bits per heavy atom. The molecular formula is C14H9BrO3. The van der Waals surface area contributed by atoms with E-state index in [1.165, 1.54) is 0 Å². The summed E-state index contributed by atoms with van der Waals surface area (Å²) in [5.74, 6) is 0.649. The summed E-state index contributed by atoms with van der Waals surface area (Å²) >= 11 is 3.37. The summed E-state index contributed by atoms with van der Waals surface area (Å²) in [5, 5.41) is 0. The Morgan fingerprint density at radius 3 is 2.72 bits per heavy atom. The smallest absolute Gasteiger partial charge is 0.201 e. The Kier molecular flexibility index (Phi) is 2.59. The largest absolute Gasteiger partial charge is 0.497 e. The van der Waals surface area contributed by atoms with Crippen LogP contribution < -0.4 is 4.74 Å². The van der Waals surface area contributed by atoms with Crippen LogP contribution in [0.2, 0.25) is 0 Å². The second-order valence-corrected chi connectivity index (χ2v) is 4.73. The molecule has 1 aromatic heterocycles. The molecule has 0 atom stereocenters. The standard InChI is InChI=1S/C14H9BrO3/c1-17-9-2-3-10-11(6-9)14(16)13(15)12(10)8-4-5-18-7-8/h2-7H,1H3. The van der Waals surface area contributed by atoms with Gasteiger partial charge in [0.15, 0.2) is 0 Å². The molecule has 1 aromatic carbocycles. The number of hydrogen-bond donors (Lipinski definition) is 0. The van der Waals surface area contributed by atoms with Gasteiger partial charge in [-0.15, -0.1) is 0 Å². The van der Waals surface area contributed by atoms with Crippen molar-refractivity contribution in [3.8, 4) is 5.75 Å². The summed E-state index contributed by atoms with van der Waals surface area (Å²) < 4.78 is 10.8. The van der Waals surface area contributed by atoms with E-state index in [2.05, 4.69) is 15.9 Å². The van der Waals surface area contributed by atoms with Crippen LogP contribution in [0.5, 0.6) is 5.75 Å². The van der Waals surface area contributed by atoms with E-state index in [4.69, 9.17) is 9.15 Å². The summed E-state index contributed by atoms with van der Waals surface area (Å²) in [4.78, 5) is 12.2. The number of halogens is 1. The number of benzene rings is 1. The van der Waals surface area contributed by atoms with Gasteiger partial charge in [-0.2, -0.15) is 0 Å². The predicted molar refractivity (Wildman–Crippen MR) is 71.0 cm³/mol. The lowest BCUT2D eigenvalue weighted by molar-refractivity contribution is 0.104. The molecule has 1 aliphatic rings. The average Bonchev–Trinajstić information content (AvgIpc) is 2.98. The second kappa shape index (κ2) is 4.14. The summed E-state index contributed by atoms with van der Waals surface area (Å²) in [6, 6.07) is 7.33. The quantitative estimate of drug-likeness (QED) is 0.850. The molecule has 3 nitrogen and oxygen atoms in total. The van der Waals surface area contributed by atoms with Crippen molar-refractivity contribution >= 4 is 27.3 Å². The molecule has 1 aliphatic carbocycles. The van der Waals surface area contributed by atoms with Crippen LogP contribution in [0.4, 0.5) is 0 Å². The van der Waals surface area contributed by atoms with Crippen LogP contribution in [-0.4, -0.2) is 12.9 Å². The van der Waals surface area contributed by atoms with E-state index in [1.54, 1.807) is 25.7 Å². The van der Waals surface area contributed by atoms with Crippen LogP contribution >= 0.6 is 15.9 Å². The van der Waals surface area contributed by atoms with Gasteiger partial charge in [0.05, 0.1) is 24.1 Å². The molecule has 4 heteroatoms. The summed E-state index contributed by atoms with van der Waals surface area (Å²) in [5.41, 5.74) is 3.30. The second-order valence-electron chi connectivity index (χ2n) is 3.94. The molecule has 0 unspecified atom stereocenters. The molecule has 2 aromatic rings. The molecule has 18 heavy (non-hydrogen) atoms. The van der Waals surface area contributed by atoms with Crippen molar-refractivity contribution in [2.75, 3.05) is 7.11 Å². The first-order chi connectivity index (χ1) is 8.72. The molecule has 0 amide bonds. The fraction of sp³-hybridized carbons (Fsp3) is 0.0714. The van der Waals surface area contributed by atoms with E-state index in [1.807, 2.05) is 18.2 Å². The van der Waals surface area contributed by atoms with E-state index in [0.29, 0.717) is 15.8 Å². The zero-order chi connectivity index (χ0) is 12.7. The number of furan rings is 1. The third-order valence-corrected chi connectivity index (χ3v) is 3.73. The fourth-order valence-electron chi connectivity index (χ4n) is 2.10. The molecule has 90 valence electrons. The van der Waals surface area contributed by atoms with Gasteiger partial charge < -0.3 is 9.15 Å². The first-order valence-electron chi connectivity index (χ1n) is 5.38. The molecule has 0 bridgehead atoms. The van der Waals surface area contributed by atoms with E-state index >= 15 is 0 Å². The lowest BCUT2D eigenvalue weighted by atomic mass is 10.0. The number of ketones is 1. The Labute approximate surface area is 112 Å². The maximum absolute atomic E-state index is 12.2. The Balaban J connectivity index is 2.21. The molecule has 0 aliphatic heterocycles. The third kappa shape index (κ3) is 1.53. The van der Waals surface area contributed by atoms with Gasteiger partial charge in [-0.3, -0.25) is 4.79 Å². The minimum Gasteiger partial charge on any atom is -0.497 e. The zero-order valence-electron chi connectivity index (χ0n) is 9.57. The first-order valence-corrected chi connectivity index (χ1v) is 6.17. The van der Waals surface area contributed by atoms with E-state index < -0.39 is 0 Å². The summed E-state index contributed by atoms with van der Waals surface area (Å²) in [6.07, 6.45) is 3.22. The highest BCUT2D eigenvalue weighted by atomic mass is 79.9. The lowest BCUT2D eigenvalue weighted by Crippen LogP contribution is -1.95. The Hall–Kier alpha value is -1.81. The van der Waals surface area contributed by atoms with Crippen LogP contribution in [-0.2, 0) is 0 Å². The molecule has 0 N–H and O–H groups in total. The normalized spacial score (nSPS) is 14.0. The number of methoxy groups -OCH3 is 1. The van der Waals surface area contributed by atoms with Gasteiger partial charge in [0.2, 0.25) is 5.78 Å². The first kappa shape index (κ1) is 11.3. The number of ether oxygens (including phenoxy) is 1. The maximum Gasteiger partial charge on any atom is 0.201 e. The molecule has 0 saturated carbocycles. The number of allylic oxidation sites excluding steroid dienone is 1. The van der Waals surface area contributed by atoms with E-state index in [0.717, 1.165) is 16.7 Å². The monoisotopic (exact) mass is 304 g/mol. The van der Waals surface area contributed by atoms with Gasteiger partial charge in [-0.05, 0) is 45.8 Å². The lowest BCUT2D eigenvalue weighted by Gasteiger charge is -2.05. The minimum absolute atomic E-state index is 0.0277. The van der Waals surface area contributed by atoms with Gasteiger partial charge in [0, 0.05) is 16.7 Å². The van der Waals surface area contributed by atoms with Crippen molar-refractivity contribution in [1.82, 2.24) is 0 Å². The number of fused-ring (bicyclic) bond motifs is 1. The van der Waals surface area contributed by atoms with Gasteiger partial charge >= 0.3 is 0 Å². The molecule has 0 spiro atoms. The van der Waals surface area contributed by atoms with Crippen molar-refractivity contribution < 1.29 is 13.9 Å². The molecule has 0 fully saturated rings. The number of carbonyl (C=O) groups is 1. The van der Waals surface area contributed by atoms with Crippen molar-refractivity contribution in [2.24, 2.45) is 0 Å². The van der Waals surface area contributed by atoms with Crippen LogP contribution in [0.3, 0.4) is 0 Å². The molecule has 3 rings (SSSR count). The minimum atomic E-state index is -0.0277. The van der Waals surface area contributed by atoms with Gasteiger partial charge in [0.25, 0.3) is 0 Å². The number of carbonyl (C=O) groups excluding carboxylic acids is 1.